The van der Waals surface area contributed by atoms with Gasteiger partial charge in [-0.3, -0.25) is 4.79 Å². The number of hydrogen-bond donors (Lipinski definition) is 0. The first kappa shape index (κ1) is 13.4. The molecular formula is C13H19N3O. The summed E-state index contributed by atoms with van der Waals surface area (Å²) in [6.45, 7) is 8.74. The summed E-state index contributed by atoms with van der Waals surface area (Å²) in [6, 6.07) is 3.79. The van der Waals surface area contributed by atoms with Crippen LogP contribution >= 0.6 is 0 Å². The molecule has 0 aliphatic heterocycles. The summed E-state index contributed by atoms with van der Waals surface area (Å²) in [4.78, 5) is 12.0. The van der Waals surface area contributed by atoms with Crippen LogP contribution in [0.4, 0.5) is 0 Å². The van der Waals surface area contributed by atoms with Gasteiger partial charge >= 0.3 is 0 Å². The molecule has 0 bridgehead atoms. The smallest absolute Gasteiger partial charge is 0.267 e. The van der Waals surface area contributed by atoms with Gasteiger partial charge in [0.2, 0.25) is 0 Å². The molecule has 0 N–H and O–H groups in total. The number of nitriles is 1. The molecule has 1 aromatic rings. The van der Waals surface area contributed by atoms with E-state index in [0.717, 1.165) is 5.69 Å². The first-order chi connectivity index (χ1) is 7.95. The van der Waals surface area contributed by atoms with Gasteiger partial charge in [-0.1, -0.05) is 27.7 Å². The zero-order chi connectivity index (χ0) is 13.0. The summed E-state index contributed by atoms with van der Waals surface area (Å²) in [5.41, 5.74) is 1.28. The van der Waals surface area contributed by atoms with Gasteiger partial charge in [0, 0.05) is 12.1 Å². The molecule has 4 nitrogen and oxygen atoms in total. The molecule has 1 aromatic heterocycles. The van der Waals surface area contributed by atoms with Crippen molar-refractivity contribution in [3.63, 3.8) is 0 Å². The Hall–Kier alpha value is -1.63. The lowest BCUT2D eigenvalue weighted by Crippen LogP contribution is -2.29. The Morgan fingerprint density at radius 2 is 2.06 bits per heavy atom. The average Bonchev–Trinajstić information content (AvgIpc) is 2.23. The van der Waals surface area contributed by atoms with Crippen molar-refractivity contribution in [2.24, 2.45) is 5.92 Å². The lowest BCUT2D eigenvalue weighted by Gasteiger charge is -2.12. The maximum absolute atomic E-state index is 12.0. The van der Waals surface area contributed by atoms with Crippen LogP contribution in [-0.4, -0.2) is 9.78 Å². The van der Waals surface area contributed by atoms with E-state index in [0.29, 0.717) is 18.0 Å². The average molecular weight is 233 g/mol. The topological polar surface area (TPSA) is 58.7 Å². The van der Waals surface area contributed by atoms with Gasteiger partial charge in [0.1, 0.15) is 0 Å². The van der Waals surface area contributed by atoms with Crippen molar-refractivity contribution >= 4 is 0 Å². The number of nitrogens with zero attached hydrogens (tertiary/aromatic N) is 3. The highest BCUT2D eigenvalue weighted by Gasteiger charge is 2.11. The van der Waals surface area contributed by atoms with Gasteiger partial charge in [0.25, 0.3) is 5.56 Å². The Kier molecular flexibility index (Phi) is 4.45. The Balaban J connectivity index is 3.28. The summed E-state index contributed by atoms with van der Waals surface area (Å²) < 4.78 is 1.49. The minimum Gasteiger partial charge on any atom is -0.267 e. The Morgan fingerprint density at radius 3 is 2.53 bits per heavy atom. The molecule has 0 atom stereocenters. The van der Waals surface area contributed by atoms with Crippen LogP contribution in [0.1, 0.15) is 44.9 Å². The van der Waals surface area contributed by atoms with Crippen LogP contribution in [0.3, 0.4) is 0 Å². The minimum absolute atomic E-state index is 0.135. The summed E-state index contributed by atoms with van der Waals surface area (Å²) in [6.07, 6.45) is 0.152. The number of rotatable bonds is 4. The third-order valence-corrected chi connectivity index (χ3v) is 2.47. The highest BCUT2D eigenvalue weighted by Crippen LogP contribution is 2.11. The van der Waals surface area contributed by atoms with Crippen LogP contribution in [0.2, 0.25) is 0 Å². The van der Waals surface area contributed by atoms with Gasteiger partial charge in [-0.05, 0) is 17.9 Å². The van der Waals surface area contributed by atoms with Gasteiger partial charge in [-0.15, -0.1) is 0 Å². The molecule has 0 unspecified atom stereocenters. The molecule has 0 fully saturated rings. The van der Waals surface area contributed by atoms with Gasteiger partial charge in [0.15, 0.2) is 0 Å². The quantitative estimate of drug-likeness (QED) is 0.800. The van der Waals surface area contributed by atoms with Crippen LogP contribution in [0.25, 0.3) is 0 Å². The zero-order valence-corrected chi connectivity index (χ0v) is 10.9. The van der Waals surface area contributed by atoms with E-state index in [4.69, 9.17) is 5.26 Å². The zero-order valence-electron chi connectivity index (χ0n) is 10.9. The van der Waals surface area contributed by atoms with Crippen molar-refractivity contribution < 1.29 is 0 Å². The second kappa shape index (κ2) is 5.62. The predicted octanol–water partition coefficient (Wildman–Crippen LogP) is 2.09. The first-order valence-corrected chi connectivity index (χ1v) is 5.93. The maximum Gasteiger partial charge on any atom is 0.271 e. The number of aromatic nitrogens is 2. The standard InChI is InChI=1S/C13H19N3O/c1-9(2)8-16-13(17)11(5-6-14)7-12(15-16)10(3)4/h7,9-10H,5,8H2,1-4H3. The van der Waals surface area contributed by atoms with E-state index in [9.17, 15) is 4.79 Å². The summed E-state index contributed by atoms with van der Waals surface area (Å²) in [5, 5.41) is 13.1. The Labute approximate surface area is 102 Å². The second-order valence-electron chi connectivity index (χ2n) is 4.97. The van der Waals surface area contributed by atoms with E-state index in [1.54, 1.807) is 6.07 Å². The van der Waals surface area contributed by atoms with Crippen molar-refractivity contribution in [1.82, 2.24) is 9.78 Å². The molecule has 0 spiro atoms. The van der Waals surface area contributed by atoms with E-state index in [1.165, 1.54) is 4.68 Å². The molecule has 0 aromatic carbocycles. The molecule has 92 valence electrons. The fraction of sp³-hybridized carbons (Fsp3) is 0.615. The summed E-state index contributed by atoms with van der Waals surface area (Å²) in [7, 11) is 0. The van der Waals surface area contributed by atoms with Gasteiger partial charge in [0.05, 0.1) is 18.2 Å². The molecule has 0 saturated carbocycles. The van der Waals surface area contributed by atoms with E-state index in [2.05, 4.69) is 5.10 Å². The normalized spacial score (nSPS) is 10.9. The molecule has 0 saturated heterocycles. The first-order valence-electron chi connectivity index (χ1n) is 5.93. The summed E-state index contributed by atoms with van der Waals surface area (Å²) >= 11 is 0. The Bertz CT molecular complexity index is 480. The summed E-state index contributed by atoms with van der Waals surface area (Å²) in [5.74, 6) is 0.615. The molecule has 0 aliphatic rings. The van der Waals surface area contributed by atoms with E-state index < -0.39 is 0 Å². The molecule has 0 amide bonds. The van der Waals surface area contributed by atoms with Crippen LogP contribution < -0.4 is 5.56 Å². The van der Waals surface area contributed by atoms with Gasteiger partial charge in [-0.25, -0.2) is 4.68 Å². The van der Waals surface area contributed by atoms with Gasteiger partial charge < -0.3 is 0 Å². The van der Waals surface area contributed by atoms with Crippen molar-refractivity contribution in [2.45, 2.75) is 46.6 Å². The SMILES string of the molecule is CC(C)Cn1nc(C(C)C)cc(CC#N)c1=O. The van der Waals surface area contributed by atoms with Crippen molar-refractivity contribution in [1.29, 1.82) is 5.26 Å². The highest BCUT2D eigenvalue weighted by molar-refractivity contribution is 5.19. The molecule has 17 heavy (non-hydrogen) atoms. The van der Waals surface area contributed by atoms with Crippen LogP contribution in [0.5, 0.6) is 0 Å². The third-order valence-electron chi connectivity index (χ3n) is 2.47. The molecule has 4 heteroatoms. The molecule has 0 radical (unpaired) electrons. The van der Waals surface area contributed by atoms with Crippen LogP contribution in [0, 0.1) is 17.2 Å². The molecule has 1 rings (SSSR count). The van der Waals surface area contributed by atoms with Crippen LogP contribution in [0.15, 0.2) is 10.9 Å². The largest absolute Gasteiger partial charge is 0.271 e. The van der Waals surface area contributed by atoms with Gasteiger partial charge in [-0.2, -0.15) is 10.4 Å². The monoisotopic (exact) mass is 233 g/mol. The lowest BCUT2D eigenvalue weighted by atomic mass is 10.1. The molecular weight excluding hydrogens is 214 g/mol. The van der Waals surface area contributed by atoms with E-state index in [1.807, 2.05) is 33.8 Å². The maximum atomic E-state index is 12.0. The fourth-order valence-corrected chi connectivity index (χ4v) is 1.58. The predicted molar refractivity (Wildman–Crippen MR) is 66.7 cm³/mol. The van der Waals surface area contributed by atoms with Crippen molar-refractivity contribution in [2.75, 3.05) is 0 Å². The fourth-order valence-electron chi connectivity index (χ4n) is 1.58. The molecule has 1 heterocycles. The third kappa shape index (κ3) is 3.42. The Morgan fingerprint density at radius 1 is 1.41 bits per heavy atom. The second-order valence-corrected chi connectivity index (χ2v) is 4.97. The van der Waals surface area contributed by atoms with E-state index >= 15 is 0 Å². The number of hydrogen-bond acceptors (Lipinski definition) is 3. The van der Waals surface area contributed by atoms with E-state index in [-0.39, 0.29) is 17.9 Å². The van der Waals surface area contributed by atoms with Crippen molar-refractivity contribution in [3.8, 4) is 6.07 Å². The lowest BCUT2D eigenvalue weighted by molar-refractivity contribution is 0.452. The molecule has 0 aliphatic carbocycles. The van der Waals surface area contributed by atoms with Crippen LogP contribution in [-0.2, 0) is 13.0 Å². The van der Waals surface area contributed by atoms with Crippen molar-refractivity contribution in [3.05, 3.63) is 27.7 Å². The minimum atomic E-state index is -0.135. The highest BCUT2D eigenvalue weighted by atomic mass is 16.1.